The Hall–Kier alpha value is -1.19. The molecule has 1 amide bonds. The van der Waals surface area contributed by atoms with Crippen molar-refractivity contribution in [3.8, 4) is 0 Å². The zero-order chi connectivity index (χ0) is 15.6. The Morgan fingerprint density at radius 1 is 1.24 bits per heavy atom. The number of sulfonamides is 1. The van der Waals surface area contributed by atoms with Gasteiger partial charge in [0.1, 0.15) is 6.04 Å². The Morgan fingerprint density at radius 2 is 1.95 bits per heavy atom. The Kier molecular flexibility index (Phi) is 4.84. The molecule has 2 saturated heterocycles. The topological polar surface area (TPSA) is 104 Å². The van der Waals surface area contributed by atoms with Gasteiger partial charge in [0.15, 0.2) is 6.10 Å². The number of aliphatic carboxylic acids is 1. The molecule has 0 spiro atoms. The van der Waals surface area contributed by atoms with Gasteiger partial charge in [0.2, 0.25) is 15.9 Å². The molecule has 2 atom stereocenters. The molecule has 8 nitrogen and oxygen atoms in total. The molecule has 0 aromatic heterocycles. The van der Waals surface area contributed by atoms with Crippen LogP contribution < -0.4 is 0 Å². The van der Waals surface area contributed by atoms with Crippen molar-refractivity contribution in [1.82, 2.24) is 9.21 Å². The van der Waals surface area contributed by atoms with Gasteiger partial charge in [-0.2, -0.15) is 4.31 Å². The van der Waals surface area contributed by atoms with Gasteiger partial charge in [-0.25, -0.2) is 13.2 Å². The second-order valence-corrected chi connectivity index (χ2v) is 7.30. The van der Waals surface area contributed by atoms with Gasteiger partial charge in [-0.15, -0.1) is 0 Å². The van der Waals surface area contributed by atoms with Crippen LogP contribution in [0.2, 0.25) is 0 Å². The van der Waals surface area contributed by atoms with E-state index >= 15 is 0 Å². The van der Waals surface area contributed by atoms with Gasteiger partial charge in [-0.3, -0.25) is 4.79 Å². The second-order valence-electron chi connectivity index (χ2n) is 5.37. The summed E-state index contributed by atoms with van der Waals surface area (Å²) < 4.78 is 29.9. The second kappa shape index (κ2) is 6.29. The van der Waals surface area contributed by atoms with Crippen LogP contribution in [-0.4, -0.2) is 79.2 Å². The van der Waals surface area contributed by atoms with E-state index in [1.807, 2.05) is 0 Å². The molecule has 0 aromatic carbocycles. The van der Waals surface area contributed by atoms with Crippen molar-refractivity contribution in [1.29, 1.82) is 0 Å². The molecule has 2 fully saturated rings. The molecule has 1 N–H and O–H groups in total. The van der Waals surface area contributed by atoms with Gasteiger partial charge in [0.25, 0.3) is 0 Å². The highest BCUT2D eigenvalue weighted by Crippen LogP contribution is 2.22. The zero-order valence-corrected chi connectivity index (χ0v) is 12.7. The summed E-state index contributed by atoms with van der Waals surface area (Å²) in [5.41, 5.74) is 0. The molecular formula is C12H20N2O6S. The summed E-state index contributed by atoms with van der Waals surface area (Å²) >= 11 is 0. The lowest BCUT2D eigenvalue weighted by Crippen LogP contribution is -2.57. The van der Waals surface area contributed by atoms with Crippen LogP contribution in [0.15, 0.2) is 0 Å². The average Bonchev–Trinajstić information content (AvgIpc) is 2.45. The fraction of sp³-hybridized carbons (Fsp3) is 0.833. The number of morpholine rings is 1. The Labute approximate surface area is 123 Å². The number of carbonyl (C=O) groups is 2. The van der Waals surface area contributed by atoms with E-state index in [0.29, 0.717) is 13.0 Å². The predicted molar refractivity (Wildman–Crippen MR) is 73.1 cm³/mol. The highest BCUT2D eigenvalue weighted by Gasteiger charge is 2.39. The molecule has 0 radical (unpaired) electrons. The molecule has 0 aromatic rings. The first-order valence-electron chi connectivity index (χ1n) is 6.90. The number of hydrogen-bond donors (Lipinski definition) is 1. The molecule has 2 aliphatic rings. The number of ether oxygens (including phenoxy) is 1. The molecule has 9 heteroatoms. The fourth-order valence-corrected chi connectivity index (χ4v) is 3.88. The van der Waals surface area contributed by atoms with E-state index in [-0.39, 0.29) is 25.6 Å². The van der Waals surface area contributed by atoms with Crippen LogP contribution >= 0.6 is 0 Å². The number of rotatable bonds is 3. The summed E-state index contributed by atoms with van der Waals surface area (Å²) in [5, 5.41) is 8.96. The molecule has 0 saturated carbocycles. The monoisotopic (exact) mass is 320 g/mol. The Bertz CT molecular complexity index is 520. The zero-order valence-electron chi connectivity index (χ0n) is 11.9. The number of amides is 1. The first-order valence-corrected chi connectivity index (χ1v) is 8.75. The normalized spacial score (nSPS) is 28.3. The molecule has 0 unspecified atom stereocenters. The van der Waals surface area contributed by atoms with E-state index < -0.39 is 28.1 Å². The summed E-state index contributed by atoms with van der Waals surface area (Å²) in [7, 11) is -3.45. The van der Waals surface area contributed by atoms with E-state index in [2.05, 4.69) is 0 Å². The van der Waals surface area contributed by atoms with Gasteiger partial charge in [0, 0.05) is 13.1 Å². The number of carbonyl (C=O) groups excluding carboxylic acids is 1. The smallest absolute Gasteiger partial charge is 0.334 e. The van der Waals surface area contributed by atoms with Crippen molar-refractivity contribution in [2.24, 2.45) is 0 Å². The van der Waals surface area contributed by atoms with E-state index in [1.165, 1.54) is 9.21 Å². The summed E-state index contributed by atoms with van der Waals surface area (Å²) in [4.78, 5) is 24.9. The van der Waals surface area contributed by atoms with Crippen LogP contribution in [0.4, 0.5) is 0 Å². The number of nitrogens with zero attached hydrogens (tertiary/aromatic N) is 2. The lowest BCUT2D eigenvalue weighted by molar-refractivity contribution is -0.160. The van der Waals surface area contributed by atoms with Crippen molar-refractivity contribution in [3.63, 3.8) is 0 Å². The minimum absolute atomic E-state index is 0.0394. The van der Waals surface area contributed by atoms with Gasteiger partial charge in [-0.05, 0) is 12.8 Å². The molecule has 0 aliphatic carbocycles. The molecule has 2 aliphatic heterocycles. The maximum atomic E-state index is 12.5. The average molecular weight is 320 g/mol. The third kappa shape index (κ3) is 3.72. The highest BCUT2D eigenvalue weighted by molar-refractivity contribution is 7.88. The van der Waals surface area contributed by atoms with Crippen LogP contribution in [0.25, 0.3) is 0 Å². The van der Waals surface area contributed by atoms with Gasteiger partial charge >= 0.3 is 5.97 Å². The van der Waals surface area contributed by atoms with Crippen LogP contribution in [0, 0.1) is 0 Å². The van der Waals surface area contributed by atoms with Gasteiger partial charge in [-0.1, -0.05) is 6.42 Å². The van der Waals surface area contributed by atoms with Gasteiger partial charge in [0.05, 0.1) is 19.4 Å². The largest absolute Gasteiger partial charge is 0.479 e. The first kappa shape index (κ1) is 16.2. The maximum absolute atomic E-state index is 12.5. The molecule has 21 heavy (non-hydrogen) atoms. The molecule has 0 bridgehead atoms. The Balaban J connectivity index is 2.12. The minimum atomic E-state index is -3.45. The van der Waals surface area contributed by atoms with Crippen molar-refractivity contribution in [2.45, 2.75) is 31.4 Å². The lowest BCUT2D eigenvalue weighted by Gasteiger charge is -2.38. The van der Waals surface area contributed by atoms with E-state index in [9.17, 15) is 18.0 Å². The third-order valence-corrected chi connectivity index (χ3v) is 5.11. The Morgan fingerprint density at radius 3 is 2.57 bits per heavy atom. The van der Waals surface area contributed by atoms with E-state index in [0.717, 1.165) is 19.1 Å². The minimum Gasteiger partial charge on any atom is -0.479 e. The standard InChI is InChI=1S/C12H20N2O6S/c1-21(18,19)14-5-3-2-4-9(14)11(15)13-6-7-20-10(8-13)12(16)17/h9-10H,2-8H2,1H3,(H,16,17)/t9-,10-/m1/s1. The van der Waals surface area contributed by atoms with Crippen LogP contribution in [0.1, 0.15) is 19.3 Å². The molecule has 2 rings (SSSR count). The van der Waals surface area contributed by atoms with Gasteiger partial charge < -0.3 is 14.7 Å². The third-order valence-electron chi connectivity index (χ3n) is 3.82. The first-order chi connectivity index (χ1) is 9.80. The van der Waals surface area contributed by atoms with Crippen molar-refractivity contribution in [3.05, 3.63) is 0 Å². The number of hydrogen-bond acceptors (Lipinski definition) is 5. The molecular weight excluding hydrogens is 300 g/mol. The van der Waals surface area contributed by atoms with Crippen molar-refractivity contribution in [2.75, 3.05) is 32.5 Å². The summed E-state index contributed by atoms with van der Waals surface area (Å²) in [6, 6.07) is -0.721. The molecule has 120 valence electrons. The number of carboxylic acid groups (broad SMARTS) is 1. The summed E-state index contributed by atoms with van der Waals surface area (Å²) in [6.07, 6.45) is 2.05. The summed E-state index contributed by atoms with van der Waals surface area (Å²) in [5.74, 6) is -1.44. The van der Waals surface area contributed by atoms with E-state index in [1.54, 1.807) is 0 Å². The maximum Gasteiger partial charge on any atom is 0.334 e. The molecule has 2 heterocycles. The van der Waals surface area contributed by atoms with Crippen molar-refractivity contribution < 1.29 is 27.9 Å². The van der Waals surface area contributed by atoms with E-state index in [4.69, 9.17) is 9.84 Å². The lowest BCUT2D eigenvalue weighted by atomic mass is 10.0. The number of carboxylic acids is 1. The SMILES string of the molecule is CS(=O)(=O)N1CCCC[C@@H]1C(=O)N1CCO[C@@H](C(=O)O)C1. The van der Waals surface area contributed by atoms with Crippen molar-refractivity contribution >= 4 is 21.9 Å². The van der Waals surface area contributed by atoms with Crippen LogP contribution in [0.5, 0.6) is 0 Å². The quantitative estimate of drug-likeness (QED) is 0.723. The fourth-order valence-electron chi connectivity index (χ4n) is 2.76. The summed E-state index contributed by atoms with van der Waals surface area (Å²) in [6.45, 7) is 0.731. The number of piperidine rings is 1. The van der Waals surface area contributed by atoms with Crippen LogP contribution in [-0.2, 0) is 24.3 Å². The highest BCUT2D eigenvalue weighted by atomic mass is 32.2. The predicted octanol–water partition coefficient (Wildman–Crippen LogP) is -0.887. The van der Waals surface area contributed by atoms with Crippen LogP contribution in [0.3, 0.4) is 0 Å².